The standard InChI is InChI=1S/C31H38N2O6/c1-5-38-29(35)27(32-31(37)33(19-21(3)4)20-28(34)30(36)39-6-2)17-22-11-13-24(14-12-22)26-16-15-23-9-7-8-10-25(23)18-26/h7-16,18,21,27-28,34H,5-6,17,19-20H2,1-4H3,(H,32,37)/t27-,28?/m0/s1. The fourth-order valence-electron chi connectivity index (χ4n) is 4.32. The zero-order valence-corrected chi connectivity index (χ0v) is 23.1. The van der Waals surface area contributed by atoms with Crippen molar-refractivity contribution in [3.63, 3.8) is 0 Å². The Hall–Kier alpha value is -3.91. The van der Waals surface area contributed by atoms with E-state index in [-0.39, 0.29) is 38.6 Å². The Bertz CT molecular complexity index is 1260. The highest BCUT2D eigenvalue weighted by Crippen LogP contribution is 2.25. The maximum absolute atomic E-state index is 13.2. The molecule has 0 aliphatic carbocycles. The molecule has 0 aliphatic heterocycles. The topological polar surface area (TPSA) is 105 Å². The van der Waals surface area contributed by atoms with Crippen LogP contribution in [-0.2, 0) is 25.5 Å². The smallest absolute Gasteiger partial charge is 0.336 e. The molecule has 8 nitrogen and oxygen atoms in total. The number of esters is 2. The molecule has 0 radical (unpaired) electrons. The van der Waals surface area contributed by atoms with Gasteiger partial charge in [0.15, 0.2) is 6.10 Å². The van der Waals surface area contributed by atoms with Crippen molar-refractivity contribution in [1.29, 1.82) is 0 Å². The monoisotopic (exact) mass is 534 g/mol. The van der Waals surface area contributed by atoms with Gasteiger partial charge in [-0.15, -0.1) is 0 Å². The largest absolute Gasteiger partial charge is 0.464 e. The average Bonchev–Trinajstić information content (AvgIpc) is 2.92. The molecule has 0 spiro atoms. The first-order chi connectivity index (χ1) is 18.7. The molecule has 2 N–H and O–H groups in total. The third-order valence-corrected chi connectivity index (χ3v) is 6.17. The Morgan fingerprint density at radius 1 is 0.821 bits per heavy atom. The third kappa shape index (κ3) is 8.55. The van der Waals surface area contributed by atoms with E-state index in [1.165, 1.54) is 10.3 Å². The van der Waals surface area contributed by atoms with Crippen LogP contribution < -0.4 is 5.32 Å². The Morgan fingerprint density at radius 3 is 2.08 bits per heavy atom. The second-order valence-corrected chi connectivity index (χ2v) is 9.78. The molecule has 3 aromatic rings. The summed E-state index contributed by atoms with van der Waals surface area (Å²) in [7, 11) is 0. The molecular weight excluding hydrogens is 496 g/mol. The van der Waals surface area contributed by atoms with Crippen molar-refractivity contribution in [3.8, 4) is 11.1 Å². The minimum atomic E-state index is -1.49. The molecular formula is C31H38N2O6. The van der Waals surface area contributed by atoms with Crippen LogP contribution in [0.25, 0.3) is 21.9 Å². The number of carbonyl (C=O) groups excluding carboxylic acids is 3. The molecule has 2 amide bonds. The number of urea groups is 1. The van der Waals surface area contributed by atoms with Gasteiger partial charge in [-0.05, 0) is 53.3 Å². The molecule has 0 aliphatic rings. The van der Waals surface area contributed by atoms with E-state index in [0.29, 0.717) is 0 Å². The molecule has 3 rings (SSSR count). The van der Waals surface area contributed by atoms with Gasteiger partial charge in [-0.2, -0.15) is 0 Å². The summed E-state index contributed by atoms with van der Waals surface area (Å²) < 4.78 is 10.1. The summed E-state index contributed by atoms with van der Waals surface area (Å²) >= 11 is 0. The summed E-state index contributed by atoms with van der Waals surface area (Å²) in [4.78, 5) is 39.2. The van der Waals surface area contributed by atoms with E-state index in [4.69, 9.17) is 9.47 Å². The summed E-state index contributed by atoms with van der Waals surface area (Å²) in [6, 6.07) is 20.8. The first-order valence-corrected chi connectivity index (χ1v) is 13.4. The highest BCUT2D eigenvalue weighted by molar-refractivity contribution is 5.87. The van der Waals surface area contributed by atoms with E-state index < -0.39 is 30.1 Å². The second kappa shape index (κ2) is 14.3. The van der Waals surface area contributed by atoms with Crippen LogP contribution in [0.2, 0.25) is 0 Å². The first-order valence-electron chi connectivity index (χ1n) is 13.4. The van der Waals surface area contributed by atoms with Crippen LogP contribution in [0.1, 0.15) is 33.3 Å². The van der Waals surface area contributed by atoms with Crippen LogP contribution in [0.15, 0.2) is 66.7 Å². The lowest BCUT2D eigenvalue weighted by Gasteiger charge is -2.28. The van der Waals surface area contributed by atoms with Crippen LogP contribution in [0.3, 0.4) is 0 Å². The Balaban J connectivity index is 1.75. The van der Waals surface area contributed by atoms with E-state index in [9.17, 15) is 19.5 Å². The fraction of sp³-hybridized carbons (Fsp3) is 0.387. The number of fused-ring (bicyclic) bond motifs is 1. The van der Waals surface area contributed by atoms with Crippen LogP contribution in [-0.4, -0.2) is 66.4 Å². The highest BCUT2D eigenvalue weighted by Gasteiger charge is 2.28. The number of ether oxygens (including phenoxy) is 2. The van der Waals surface area contributed by atoms with Crippen molar-refractivity contribution < 1.29 is 29.0 Å². The third-order valence-electron chi connectivity index (χ3n) is 6.17. The van der Waals surface area contributed by atoms with Crippen molar-refractivity contribution in [2.45, 2.75) is 46.3 Å². The van der Waals surface area contributed by atoms with Gasteiger partial charge in [0.05, 0.1) is 19.8 Å². The number of carbonyl (C=O) groups is 3. The SMILES string of the molecule is CCOC(=O)C(O)CN(CC(C)C)C(=O)N[C@@H](Cc1ccc(-c2ccc3ccccc3c2)cc1)C(=O)OCC. The zero-order chi connectivity index (χ0) is 28.4. The van der Waals surface area contributed by atoms with Gasteiger partial charge < -0.3 is 24.8 Å². The van der Waals surface area contributed by atoms with Crippen molar-refractivity contribution in [2.75, 3.05) is 26.3 Å². The van der Waals surface area contributed by atoms with Gasteiger partial charge in [-0.3, -0.25) is 0 Å². The number of rotatable bonds is 12. The minimum absolute atomic E-state index is 0.0637. The summed E-state index contributed by atoms with van der Waals surface area (Å²) in [5, 5.41) is 15.3. The molecule has 2 atom stereocenters. The lowest BCUT2D eigenvalue weighted by atomic mass is 9.98. The summed E-state index contributed by atoms with van der Waals surface area (Å²) in [5.74, 6) is -1.29. The van der Waals surface area contributed by atoms with Gasteiger partial charge in [0.2, 0.25) is 0 Å². The van der Waals surface area contributed by atoms with E-state index in [1.54, 1.807) is 13.8 Å². The van der Waals surface area contributed by atoms with Gasteiger partial charge in [0.1, 0.15) is 6.04 Å². The normalized spacial score (nSPS) is 12.6. The van der Waals surface area contributed by atoms with E-state index in [2.05, 4.69) is 35.6 Å². The van der Waals surface area contributed by atoms with E-state index in [0.717, 1.165) is 22.1 Å². The number of hydrogen-bond donors (Lipinski definition) is 2. The molecule has 8 heteroatoms. The molecule has 39 heavy (non-hydrogen) atoms. The molecule has 0 bridgehead atoms. The molecule has 0 saturated carbocycles. The lowest BCUT2D eigenvalue weighted by Crippen LogP contribution is -2.52. The highest BCUT2D eigenvalue weighted by atomic mass is 16.5. The predicted molar refractivity (Wildman–Crippen MR) is 151 cm³/mol. The second-order valence-electron chi connectivity index (χ2n) is 9.78. The van der Waals surface area contributed by atoms with Gasteiger partial charge in [0.25, 0.3) is 0 Å². The number of aliphatic hydroxyl groups excluding tert-OH is 1. The summed E-state index contributed by atoms with van der Waals surface area (Å²) in [5.41, 5.74) is 2.97. The maximum Gasteiger partial charge on any atom is 0.336 e. The van der Waals surface area contributed by atoms with Crippen LogP contribution in [0, 0.1) is 5.92 Å². The number of nitrogens with zero attached hydrogens (tertiary/aromatic N) is 1. The van der Waals surface area contributed by atoms with E-state index in [1.807, 2.05) is 50.2 Å². The van der Waals surface area contributed by atoms with Crippen LogP contribution in [0.5, 0.6) is 0 Å². The molecule has 0 saturated heterocycles. The molecule has 1 unspecified atom stereocenters. The fourth-order valence-corrected chi connectivity index (χ4v) is 4.32. The van der Waals surface area contributed by atoms with E-state index >= 15 is 0 Å². The Kier molecular flexibility index (Phi) is 10.9. The Morgan fingerprint density at radius 2 is 1.44 bits per heavy atom. The number of aliphatic hydroxyl groups is 1. The molecule has 3 aromatic carbocycles. The number of benzene rings is 3. The first kappa shape index (κ1) is 29.6. The maximum atomic E-state index is 13.2. The minimum Gasteiger partial charge on any atom is -0.464 e. The molecule has 0 heterocycles. The van der Waals surface area contributed by atoms with Gasteiger partial charge in [-0.1, -0.05) is 74.5 Å². The average molecular weight is 535 g/mol. The summed E-state index contributed by atoms with van der Waals surface area (Å²) in [6.45, 7) is 7.49. The van der Waals surface area contributed by atoms with Crippen molar-refractivity contribution in [1.82, 2.24) is 10.2 Å². The predicted octanol–water partition coefficient (Wildman–Crippen LogP) is 4.57. The number of hydrogen-bond acceptors (Lipinski definition) is 6. The lowest BCUT2D eigenvalue weighted by molar-refractivity contribution is -0.153. The van der Waals surface area contributed by atoms with Crippen molar-refractivity contribution in [3.05, 3.63) is 72.3 Å². The van der Waals surface area contributed by atoms with Gasteiger partial charge in [-0.25, -0.2) is 14.4 Å². The molecule has 208 valence electrons. The number of nitrogens with one attached hydrogen (secondary N) is 1. The summed E-state index contributed by atoms with van der Waals surface area (Å²) in [6.07, 6.45) is -1.27. The van der Waals surface area contributed by atoms with Gasteiger partial charge >= 0.3 is 18.0 Å². The van der Waals surface area contributed by atoms with Gasteiger partial charge in [0, 0.05) is 13.0 Å². The van der Waals surface area contributed by atoms with Crippen molar-refractivity contribution in [2.24, 2.45) is 5.92 Å². The quantitative estimate of drug-likeness (QED) is 0.330. The van der Waals surface area contributed by atoms with Crippen LogP contribution in [0.4, 0.5) is 4.79 Å². The number of amides is 2. The Labute approximate surface area is 229 Å². The van der Waals surface area contributed by atoms with Crippen LogP contribution >= 0.6 is 0 Å². The van der Waals surface area contributed by atoms with Crippen molar-refractivity contribution >= 4 is 28.7 Å². The molecule has 0 aromatic heterocycles. The molecule has 0 fully saturated rings. The zero-order valence-electron chi connectivity index (χ0n) is 23.1.